The first-order valence-corrected chi connectivity index (χ1v) is 7.16. The van der Waals surface area contributed by atoms with Crippen molar-refractivity contribution in [1.82, 2.24) is 0 Å². The summed E-state index contributed by atoms with van der Waals surface area (Å²) in [5.41, 5.74) is 1.41. The van der Waals surface area contributed by atoms with Gasteiger partial charge in [-0.2, -0.15) is 0 Å². The van der Waals surface area contributed by atoms with Crippen molar-refractivity contribution < 1.29 is 14.3 Å². The van der Waals surface area contributed by atoms with E-state index in [1.807, 2.05) is 6.07 Å². The van der Waals surface area contributed by atoms with Gasteiger partial charge in [-0.1, -0.05) is 11.6 Å². The molecule has 0 aliphatic carbocycles. The molecule has 1 atom stereocenters. The van der Waals surface area contributed by atoms with E-state index in [-0.39, 0.29) is 18.3 Å². The van der Waals surface area contributed by atoms with Crippen LogP contribution in [0.25, 0.3) is 0 Å². The van der Waals surface area contributed by atoms with E-state index in [1.54, 1.807) is 31.0 Å². The average Bonchev–Trinajstić information content (AvgIpc) is 2.64. The molecule has 2 heterocycles. The minimum absolute atomic E-state index is 0.0500. The lowest BCUT2D eigenvalue weighted by Crippen LogP contribution is -2.45. The summed E-state index contributed by atoms with van der Waals surface area (Å²) in [6.07, 6.45) is 0.366. The number of carbonyl (C=O) groups excluding carboxylic acids is 2. The second-order valence-corrected chi connectivity index (χ2v) is 6.10. The second kappa shape index (κ2) is 4.60. The van der Waals surface area contributed by atoms with Crippen LogP contribution in [-0.4, -0.2) is 25.3 Å². The quantitative estimate of drug-likeness (QED) is 0.801. The molecule has 0 radical (unpaired) electrons. The van der Waals surface area contributed by atoms with E-state index in [0.29, 0.717) is 22.8 Å². The van der Waals surface area contributed by atoms with E-state index in [0.717, 1.165) is 11.3 Å². The molecular weight excluding hydrogens is 290 g/mol. The third-order valence-electron chi connectivity index (χ3n) is 4.41. The van der Waals surface area contributed by atoms with Crippen molar-refractivity contribution in [3.8, 4) is 0 Å². The summed E-state index contributed by atoms with van der Waals surface area (Å²) in [6, 6.07) is 5.41. The number of carbonyl (C=O) groups is 2. The van der Waals surface area contributed by atoms with Gasteiger partial charge in [0.25, 0.3) is 0 Å². The monoisotopic (exact) mass is 305 g/mol. The molecule has 0 N–H and O–H groups in total. The zero-order valence-corrected chi connectivity index (χ0v) is 13.0. The third kappa shape index (κ3) is 1.89. The number of rotatable bonds is 1. The maximum absolute atomic E-state index is 12.8. The zero-order chi connectivity index (χ0) is 15.4. The normalized spacial score (nSPS) is 24.4. The van der Waals surface area contributed by atoms with E-state index in [2.05, 4.69) is 0 Å². The van der Waals surface area contributed by atoms with Gasteiger partial charge in [0, 0.05) is 29.8 Å². The van der Waals surface area contributed by atoms with Crippen LogP contribution in [0.1, 0.15) is 25.8 Å². The fraction of sp³-hybridized carbons (Fsp3) is 0.375. The van der Waals surface area contributed by atoms with Crippen LogP contribution in [0, 0.1) is 0 Å². The second-order valence-electron chi connectivity index (χ2n) is 5.66. The molecule has 1 aromatic carbocycles. The highest BCUT2D eigenvalue weighted by Gasteiger charge is 2.53. The van der Waals surface area contributed by atoms with Crippen LogP contribution in [0.15, 0.2) is 29.5 Å². The molecule has 4 nitrogen and oxygen atoms in total. The van der Waals surface area contributed by atoms with Crippen molar-refractivity contribution in [3.63, 3.8) is 0 Å². The third-order valence-corrected chi connectivity index (χ3v) is 4.65. The number of Topliss-reactive ketones (excluding diaryl/α,β-unsaturated/α-hetero) is 1. The van der Waals surface area contributed by atoms with Crippen LogP contribution >= 0.6 is 11.6 Å². The van der Waals surface area contributed by atoms with Crippen LogP contribution in [0.5, 0.6) is 0 Å². The molecule has 0 saturated heterocycles. The number of fused-ring (bicyclic) bond motifs is 2. The number of hydrogen-bond acceptors (Lipinski definition) is 3. The first kappa shape index (κ1) is 14.1. The smallest absolute Gasteiger partial charge is 0.241 e. The summed E-state index contributed by atoms with van der Waals surface area (Å²) >= 11 is 6.10. The lowest BCUT2D eigenvalue weighted by Gasteiger charge is -2.33. The number of nitrogens with zero attached hydrogens (tertiary/aromatic N) is 1. The Kier molecular flexibility index (Phi) is 3.10. The van der Waals surface area contributed by atoms with Gasteiger partial charge in [-0.05, 0) is 37.6 Å². The Morgan fingerprint density at radius 1 is 1.43 bits per heavy atom. The lowest BCUT2D eigenvalue weighted by atomic mass is 9.75. The molecule has 1 amide bonds. The van der Waals surface area contributed by atoms with Crippen molar-refractivity contribution in [1.29, 1.82) is 0 Å². The number of allylic oxidation sites excluding steroid dienone is 2. The number of anilines is 1. The van der Waals surface area contributed by atoms with Crippen LogP contribution in [0.4, 0.5) is 5.69 Å². The average molecular weight is 306 g/mol. The van der Waals surface area contributed by atoms with Crippen molar-refractivity contribution in [2.45, 2.75) is 25.7 Å². The molecule has 5 heteroatoms. The number of hydrogen-bond donors (Lipinski definition) is 0. The summed E-state index contributed by atoms with van der Waals surface area (Å²) in [6.45, 7) is 3.51. The summed E-state index contributed by atoms with van der Waals surface area (Å²) < 4.78 is 5.67. The van der Waals surface area contributed by atoms with Gasteiger partial charge in [-0.15, -0.1) is 0 Å². The first-order valence-electron chi connectivity index (χ1n) is 6.78. The molecule has 1 unspecified atom stereocenters. The molecule has 0 bridgehead atoms. The predicted octanol–water partition coefficient (Wildman–Crippen LogP) is 2.84. The molecule has 1 aromatic rings. The van der Waals surface area contributed by atoms with E-state index in [1.165, 1.54) is 6.92 Å². The number of ether oxygens (including phenoxy) is 1. The standard InChI is InChI=1S/C16H16ClNO3/c1-9(19)12-7-16(8-21-10(12)2)13-6-11(17)4-5-14(13)18(3)15(16)20/h4-6H,7-8H2,1-3H3. The number of ketones is 1. The van der Waals surface area contributed by atoms with Crippen molar-refractivity contribution >= 4 is 29.0 Å². The van der Waals surface area contributed by atoms with Gasteiger partial charge < -0.3 is 9.64 Å². The molecular formula is C16H16ClNO3. The van der Waals surface area contributed by atoms with Crippen molar-refractivity contribution in [2.24, 2.45) is 0 Å². The Morgan fingerprint density at radius 2 is 2.14 bits per heavy atom. The predicted molar refractivity (Wildman–Crippen MR) is 80.5 cm³/mol. The van der Waals surface area contributed by atoms with Crippen LogP contribution in [0.2, 0.25) is 5.02 Å². The highest BCUT2D eigenvalue weighted by Crippen LogP contribution is 2.48. The van der Waals surface area contributed by atoms with Crippen LogP contribution < -0.4 is 4.90 Å². The van der Waals surface area contributed by atoms with Gasteiger partial charge in [-0.3, -0.25) is 9.59 Å². The molecule has 0 aromatic heterocycles. The largest absolute Gasteiger partial charge is 0.496 e. The van der Waals surface area contributed by atoms with Gasteiger partial charge in [0.05, 0.1) is 5.76 Å². The maximum atomic E-state index is 12.8. The number of amides is 1. The van der Waals surface area contributed by atoms with Crippen LogP contribution in [0.3, 0.4) is 0 Å². The zero-order valence-electron chi connectivity index (χ0n) is 12.2. The molecule has 2 aliphatic heterocycles. The Hall–Kier alpha value is -1.81. The van der Waals surface area contributed by atoms with E-state index in [4.69, 9.17) is 16.3 Å². The van der Waals surface area contributed by atoms with Gasteiger partial charge in [0.1, 0.15) is 12.0 Å². The minimum atomic E-state index is -0.838. The number of likely N-dealkylation sites (N-methyl/N-ethyl adjacent to an activating group) is 1. The Balaban J connectivity index is 2.18. The highest BCUT2D eigenvalue weighted by atomic mass is 35.5. The summed E-state index contributed by atoms with van der Waals surface area (Å²) in [5.74, 6) is 0.502. The van der Waals surface area contributed by atoms with E-state index in [9.17, 15) is 9.59 Å². The van der Waals surface area contributed by atoms with Gasteiger partial charge >= 0.3 is 0 Å². The van der Waals surface area contributed by atoms with Crippen LogP contribution in [-0.2, 0) is 19.7 Å². The molecule has 110 valence electrons. The Bertz CT molecular complexity index is 695. The molecule has 0 fully saturated rings. The van der Waals surface area contributed by atoms with E-state index < -0.39 is 5.41 Å². The Morgan fingerprint density at radius 3 is 2.81 bits per heavy atom. The molecule has 2 aliphatic rings. The summed E-state index contributed by atoms with van der Waals surface area (Å²) in [4.78, 5) is 26.2. The number of benzene rings is 1. The van der Waals surface area contributed by atoms with Gasteiger partial charge in [0.15, 0.2) is 5.78 Å². The summed E-state index contributed by atoms with van der Waals surface area (Å²) in [7, 11) is 1.74. The lowest BCUT2D eigenvalue weighted by molar-refractivity contribution is -0.125. The van der Waals surface area contributed by atoms with Crippen molar-refractivity contribution in [3.05, 3.63) is 40.1 Å². The van der Waals surface area contributed by atoms with Gasteiger partial charge in [-0.25, -0.2) is 0 Å². The Labute approximate surface area is 128 Å². The fourth-order valence-electron chi connectivity index (χ4n) is 3.21. The topological polar surface area (TPSA) is 46.6 Å². The molecule has 0 saturated carbocycles. The minimum Gasteiger partial charge on any atom is -0.496 e. The SMILES string of the molecule is CC(=O)C1=C(C)OCC2(C1)C(=O)N(C)c1ccc(Cl)cc12. The molecule has 3 rings (SSSR count). The molecule has 1 spiro atoms. The summed E-state index contributed by atoms with van der Waals surface area (Å²) in [5, 5.41) is 0.576. The van der Waals surface area contributed by atoms with E-state index >= 15 is 0 Å². The maximum Gasteiger partial charge on any atom is 0.241 e. The fourth-order valence-corrected chi connectivity index (χ4v) is 3.38. The molecule has 21 heavy (non-hydrogen) atoms. The highest BCUT2D eigenvalue weighted by molar-refractivity contribution is 6.31. The van der Waals surface area contributed by atoms with Gasteiger partial charge in [0.2, 0.25) is 5.91 Å². The first-order chi connectivity index (χ1) is 9.86. The van der Waals surface area contributed by atoms with Crippen molar-refractivity contribution in [2.75, 3.05) is 18.6 Å². The number of halogens is 1.